The molecule has 0 atom stereocenters. The fraction of sp³-hybridized carbons (Fsp3) is 0.389. The number of aryl methyl sites for hydroxylation is 1. The molecule has 1 aromatic carbocycles. The molecule has 0 saturated heterocycles. The molecule has 0 aliphatic heterocycles. The average Bonchev–Trinajstić information content (AvgIpc) is 3.08. The standard InChI is InChI=1S/C18H24N8OS/c1-5-19-15-22-16(20-6-2)26-17(23-15)24-18(25-26)28-10-14(27)21-13-9-7-8-11(3)12(13)4/h7-9H,5-6,10H2,1-4H3,(H,21,27)(H2,19,20,22,23,24,25). The molecule has 1 amide bonds. The quantitative estimate of drug-likeness (QED) is 0.495. The third-order valence-electron chi connectivity index (χ3n) is 4.07. The number of hydrogen-bond donors (Lipinski definition) is 3. The molecule has 0 unspecified atom stereocenters. The van der Waals surface area contributed by atoms with E-state index in [0.717, 1.165) is 16.8 Å². The van der Waals surface area contributed by atoms with E-state index >= 15 is 0 Å². The number of aromatic nitrogens is 5. The van der Waals surface area contributed by atoms with Gasteiger partial charge in [-0.1, -0.05) is 23.9 Å². The Morgan fingerprint density at radius 2 is 1.89 bits per heavy atom. The lowest BCUT2D eigenvalue weighted by atomic mass is 10.1. The molecule has 0 aliphatic carbocycles. The van der Waals surface area contributed by atoms with Gasteiger partial charge in [0.25, 0.3) is 5.78 Å². The Morgan fingerprint density at radius 1 is 1.11 bits per heavy atom. The van der Waals surface area contributed by atoms with Crippen molar-refractivity contribution in [2.45, 2.75) is 32.9 Å². The summed E-state index contributed by atoms with van der Waals surface area (Å²) in [5.74, 6) is 1.57. The van der Waals surface area contributed by atoms with Crippen LogP contribution in [0.25, 0.3) is 5.78 Å². The third-order valence-corrected chi connectivity index (χ3v) is 4.91. The summed E-state index contributed by atoms with van der Waals surface area (Å²) in [7, 11) is 0. The molecule has 3 N–H and O–H groups in total. The Kier molecular flexibility index (Phi) is 6.30. The topological polar surface area (TPSA) is 109 Å². The van der Waals surface area contributed by atoms with E-state index < -0.39 is 0 Å². The van der Waals surface area contributed by atoms with Crippen LogP contribution in [-0.4, -0.2) is 49.3 Å². The van der Waals surface area contributed by atoms with Gasteiger partial charge in [0.2, 0.25) is 23.0 Å². The molecule has 0 saturated carbocycles. The zero-order chi connectivity index (χ0) is 20.1. The van der Waals surface area contributed by atoms with Gasteiger partial charge in [-0.15, -0.1) is 5.10 Å². The van der Waals surface area contributed by atoms with E-state index in [4.69, 9.17) is 0 Å². The molecule has 3 rings (SSSR count). The second-order valence-corrected chi connectivity index (χ2v) is 7.06. The molecule has 9 nitrogen and oxygen atoms in total. The van der Waals surface area contributed by atoms with E-state index in [1.807, 2.05) is 45.9 Å². The Morgan fingerprint density at radius 3 is 2.64 bits per heavy atom. The molecular formula is C18H24N8OS. The Hall–Kier alpha value is -2.88. The smallest absolute Gasteiger partial charge is 0.259 e. The van der Waals surface area contributed by atoms with Gasteiger partial charge in [-0.2, -0.15) is 19.5 Å². The maximum absolute atomic E-state index is 12.3. The number of fused-ring (bicyclic) bond motifs is 1. The number of nitrogens with one attached hydrogen (secondary N) is 3. The molecule has 0 bridgehead atoms. The van der Waals surface area contributed by atoms with Gasteiger partial charge in [0.1, 0.15) is 0 Å². The molecule has 10 heteroatoms. The van der Waals surface area contributed by atoms with Crippen molar-refractivity contribution in [3.63, 3.8) is 0 Å². The van der Waals surface area contributed by atoms with E-state index in [1.54, 1.807) is 4.52 Å². The second-order valence-electron chi connectivity index (χ2n) is 6.12. The van der Waals surface area contributed by atoms with Crippen LogP contribution in [0.15, 0.2) is 23.4 Å². The first-order chi connectivity index (χ1) is 13.5. The van der Waals surface area contributed by atoms with Crippen LogP contribution in [0.1, 0.15) is 25.0 Å². The number of carbonyl (C=O) groups excluding carboxylic acids is 1. The molecule has 0 aliphatic rings. The lowest BCUT2D eigenvalue weighted by Gasteiger charge is -2.09. The van der Waals surface area contributed by atoms with E-state index in [1.165, 1.54) is 11.8 Å². The number of anilines is 3. The van der Waals surface area contributed by atoms with Crippen molar-refractivity contribution in [2.75, 3.05) is 34.8 Å². The summed E-state index contributed by atoms with van der Waals surface area (Å²) < 4.78 is 1.55. The minimum absolute atomic E-state index is 0.108. The van der Waals surface area contributed by atoms with Crippen molar-refractivity contribution in [1.82, 2.24) is 24.6 Å². The number of rotatable bonds is 8. The van der Waals surface area contributed by atoms with Gasteiger partial charge in [-0.3, -0.25) is 4.79 Å². The van der Waals surface area contributed by atoms with Gasteiger partial charge in [-0.25, -0.2) is 0 Å². The minimum atomic E-state index is -0.108. The van der Waals surface area contributed by atoms with Crippen molar-refractivity contribution in [1.29, 1.82) is 0 Å². The zero-order valence-corrected chi connectivity index (χ0v) is 17.2. The molecule has 0 spiro atoms. The van der Waals surface area contributed by atoms with Crippen LogP contribution in [-0.2, 0) is 4.79 Å². The van der Waals surface area contributed by atoms with Gasteiger partial charge < -0.3 is 16.0 Å². The van der Waals surface area contributed by atoms with E-state index in [2.05, 4.69) is 36.0 Å². The lowest BCUT2D eigenvalue weighted by Crippen LogP contribution is -2.15. The average molecular weight is 401 g/mol. The third kappa shape index (κ3) is 4.50. The summed E-state index contributed by atoms with van der Waals surface area (Å²) in [6, 6.07) is 5.84. The van der Waals surface area contributed by atoms with Crippen molar-refractivity contribution in [3.8, 4) is 0 Å². The molecule has 2 heterocycles. The van der Waals surface area contributed by atoms with Crippen molar-refractivity contribution in [2.24, 2.45) is 0 Å². The van der Waals surface area contributed by atoms with Crippen molar-refractivity contribution in [3.05, 3.63) is 29.3 Å². The maximum Gasteiger partial charge on any atom is 0.259 e. The summed E-state index contributed by atoms with van der Waals surface area (Å²) in [4.78, 5) is 25.5. The van der Waals surface area contributed by atoms with Crippen LogP contribution in [0.5, 0.6) is 0 Å². The van der Waals surface area contributed by atoms with Crippen LogP contribution in [0.2, 0.25) is 0 Å². The van der Waals surface area contributed by atoms with Crippen molar-refractivity contribution >= 4 is 41.0 Å². The maximum atomic E-state index is 12.3. The highest BCUT2D eigenvalue weighted by Crippen LogP contribution is 2.20. The van der Waals surface area contributed by atoms with Gasteiger partial charge in [0.15, 0.2) is 0 Å². The lowest BCUT2D eigenvalue weighted by molar-refractivity contribution is -0.113. The predicted molar refractivity (Wildman–Crippen MR) is 112 cm³/mol. The summed E-state index contributed by atoms with van der Waals surface area (Å²) >= 11 is 1.26. The summed E-state index contributed by atoms with van der Waals surface area (Å²) in [6.07, 6.45) is 0. The Bertz CT molecular complexity index is 987. The summed E-state index contributed by atoms with van der Waals surface area (Å²) in [5, 5.41) is 14.1. The zero-order valence-electron chi connectivity index (χ0n) is 16.4. The minimum Gasteiger partial charge on any atom is -0.354 e. The van der Waals surface area contributed by atoms with Gasteiger partial charge in [0.05, 0.1) is 5.75 Å². The van der Waals surface area contributed by atoms with Crippen LogP contribution >= 0.6 is 11.8 Å². The molecule has 28 heavy (non-hydrogen) atoms. The number of amides is 1. The molecule has 148 valence electrons. The number of benzene rings is 1. The molecular weight excluding hydrogens is 376 g/mol. The highest BCUT2D eigenvalue weighted by Gasteiger charge is 2.14. The van der Waals surface area contributed by atoms with Gasteiger partial charge in [-0.05, 0) is 44.9 Å². The highest BCUT2D eigenvalue weighted by atomic mass is 32.2. The SMILES string of the molecule is CCNc1nc(NCC)n2nc(SCC(=O)Nc3cccc(C)c3C)nc2n1. The molecule has 0 fully saturated rings. The Labute approximate surface area is 167 Å². The number of nitrogens with zero attached hydrogens (tertiary/aromatic N) is 5. The molecule has 2 aromatic heterocycles. The van der Waals surface area contributed by atoms with Crippen molar-refractivity contribution < 1.29 is 4.79 Å². The first kappa shape index (κ1) is 19.9. The van der Waals surface area contributed by atoms with Crippen LogP contribution in [0.4, 0.5) is 17.6 Å². The normalized spacial score (nSPS) is 10.9. The number of thioether (sulfide) groups is 1. The van der Waals surface area contributed by atoms with Gasteiger partial charge in [0, 0.05) is 18.8 Å². The predicted octanol–water partition coefficient (Wildman–Crippen LogP) is 2.73. The number of hydrogen-bond acceptors (Lipinski definition) is 8. The van der Waals surface area contributed by atoms with E-state index in [9.17, 15) is 4.79 Å². The monoisotopic (exact) mass is 400 g/mol. The second kappa shape index (κ2) is 8.87. The largest absolute Gasteiger partial charge is 0.354 e. The fourth-order valence-corrected chi connectivity index (χ4v) is 3.16. The molecule has 0 radical (unpaired) electrons. The summed E-state index contributed by atoms with van der Waals surface area (Å²) in [5.41, 5.74) is 3.02. The van der Waals surface area contributed by atoms with Gasteiger partial charge >= 0.3 is 0 Å². The molecule has 3 aromatic rings. The Balaban J connectivity index is 1.72. The highest BCUT2D eigenvalue weighted by molar-refractivity contribution is 7.99. The fourth-order valence-electron chi connectivity index (χ4n) is 2.54. The van der Waals surface area contributed by atoms with Crippen LogP contribution < -0.4 is 16.0 Å². The van der Waals surface area contributed by atoms with E-state index in [-0.39, 0.29) is 11.7 Å². The van der Waals surface area contributed by atoms with Crippen LogP contribution in [0.3, 0.4) is 0 Å². The van der Waals surface area contributed by atoms with Crippen LogP contribution in [0, 0.1) is 13.8 Å². The van der Waals surface area contributed by atoms with E-state index in [0.29, 0.717) is 35.9 Å². The first-order valence-corrected chi connectivity index (χ1v) is 10.1. The first-order valence-electron chi connectivity index (χ1n) is 9.13. The number of carbonyl (C=O) groups is 1. The summed E-state index contributed by atoms with van der Waals surface area (Å²) in [6.45, 7) is 9.36.